The summed E-state index contributed by atoms with van der Waals surface area (Å²) in [5.41, 5.74) is -0.241. The fraction of sp³-hybridized carbons (Fsp3) is 0.353. The number of carbonyl (C=O) groups excluding carboxylic acids is 1. The Morgan fingerprint density at radius 3 is 2.58 bits per heavy atom. The molecule has 140 valence electrons. The molecule has 0 spiro atoms. The number of alkyl carbamates (subject to hydrolysis) is 1. The lowest BCUT2D eigenvalue weighted by Gasteiger charge is -2.19. The van der Waals surface area contributed by atoms with Crippen LogP contribution in [-0.2, 0) is 11.3 Å². The fourth-order valence-corrected chi connectivity index (χ4v) is 2.31. The molecule has 2 rings (SSSR count). The van der Waals surface area contributed by atoms with Crippen LogP contribution in [-0.4, -0.2) is 32.6 Å². The van der Waals surface area contributed by atoms with E-state index in [0.29, 0.717) is 12.0 Å². The second kappa shape index (κ2) is 8.31. The van der Waals surface area contributed by atoms with Crippen molar-refractivity contribution in [3.05, 3.63) is 57.5 Å². The van der Waals surface area contributed by atoms with Crippen molar-refractivity contribution in [3.8, 4) is 5.69 Å². The Morgan fingerprint density at radius 2 is 2.00 bits per heavy atom. The molecular weight excluding hydrogens is 407 g/mol. The molecule has 0 bridgehead atoms. The predicted molar refractivity (Wildman–Crippen MR) is 99.0 cm³/mol. The number of benzene rings is 1. The molecule has 0 unspecified atom stereocenters. The zero-order valence-corrected chi connectivity index (χ0v) is 16.3. The van der Waals surface area contributed by atoms with Crippen molar-refractivity contribution in [2.75, 3.05) is 6.54 Å². The molecular formula is C17H20BrFN4O3. The third kappa shape index (κ3) is 5.55. The molecule has 0 saturated heterocycles. The molecule has 1 aromatic heterocycles. The van der Waals surface area contributed by atoms with Gasteiger partial charge < -0.3 is 10.1 Å². The van der Waals surface area contributed by atoms with Crippen LogP contribution in [0, 0.1) is 0 Å². The Labute approximate surface area is 158 Å². The second-order valence-electron chi connectivity index (χ2n) is 6.54. The lowest BCUT2D eigenvalue weighted by molar-refractivity contribution is 0.0532. The summed E-state index contributed by atoms with van der Waals surface area (Å²) in [6.07, 6.45) is 1.05. The smallest absolute Gasteiger partial charge is 0.407 e. The van der Waals surface area contributed by atoms with Crippen LogP contribution >= 0.6 is 15.9 Å². The summed E-state index contributed by atoms with van der Waals surface area (Å²) in [4.78, 5) is 24.1. The van der Waals surface area contributed by atoms with Gasteiger partial charge >= 0.3 is 11.8 Å². The highest BCUT2D eigenvalue weighted by Crippen LogP contribution is 2.12. The van der Waals surface area contributed by atoms with Crippen LogP contribution in [0.4, 0.5) is 9.18 Å². The molecule has 1 aromatic carbocycles. The fourth-order valence-electron chi connectivity index (χ4n) is 2.05. The molecule has 0 saturated carbocycles. The van der Waals surface area contributed by atoms with Crippen LogP contribution in [0.5, 0.6) is 0 Å². The first-order valence-electron chi connectivity index (χ1n) is 7.85. The van der Waals surface area contributed by atoms with Crippen molar-refractivity contribution >= 4 is 22.0 Å². The third-order valence-electron chi connectivity index (χ3n) is 3.20. The summed E-state index contributed by atoms with van der Waals surface area (Å²) >= 11 is 3.33. The maximum Gasteiger partial charge on any atom is 0.407 e. The highest BCUT2D eigenvalue weighted by Gasteiger charge is 2.16. The number of hydrogen-bond acceptors (Lipinski definition) is 4. The van der Waals surface area contributed by atoms with Gasteiger partial charge in [0.15, 0.2) is 0 Å². The molecule has 7 nitrogen and oxygen atoms in total. The number of nitrogens with one attached hydrogen (secondary N) is 1. The molecule has 9 heteroatoms. The number of carbonyl (C=O) groups is 1. The summed E-state index contributed by atoms with van der Waals surface area (Å²) < 4.78 is 21.6. The van der Waals surface area contributed by atoms with Gasteiger partial charge in [-0.3, -0.25) is 0 Å². The maximum absolute atomic E-state index is 13.1. The van der Waals surface area contributed by atoms with Gasteiger partial charge in [0, 0.05) is 11.0 Å². The minimum Gasteiger partial charge on any atom is -0.444 e. The standard InChI is InChI=1S/C17H20BrFN4O3/c1-17(2,3)26-15(24)20-9-12(8-19)10-23-16(25)22(11-21-23)14-6-4-13(18)5-7-14/h4-8,11H,9-10H2,1-3H3,(H,20,24)/b12-8-. The maximum atomic E-state index is 13.1. The van der Waals surface area contributed by atoms with Gasteiger partial charge in [-0.1, -0.05) is 15.9 Å². The van der Waals surface area contributed by atoms with Gasteiger partial charge in [0.05, 0.1) is 18.6 Å². The van der Waals surface area contributed by atoms with Crippen LogP contribution in [0.3, 0.4) is 0 Å². The lowest BCUT2D eigenvalue weighted by atomic mass is 10.2. The van der Waals surface area contributed by atoms with E-state index in [4.69, 9.17) is 4.74 Å². The Hall–Kier alpha value is -2.42. The molecule has 1 heterocycles. The van der Waals surface area contributed by atoms with Gasteiger partial charge in [0.25, 0.3) is 0 Å². The van der Waals surface area contributed by atoms with Gasteiger partial charge in [0.1, 0.15) is 11.9 Å². The molecule has 2 aromatic rings. The van der Waals surface area contributed by atoms with Gasteiger partial charge in [-0.15, -0.1) is 0 Å². The van der Waals surface area contributed by atoms with Crippen LogP contribution in [0.2, 0.25) is 0 Å². The first kappa shape index (κ1) is 19.9. The largest absolute Gasteiger partial charge is 0.444 e. The molecule has 0 radical (unpaired) electrons. The summed E-state index contributed by atoms with van der Waals surface area (Å²) in [6, 6.07) is 7.12. The first-order chi connectivity index (χ1) is 12.2. The number of rotatable bonds is 5. The van der Waals surface area contributed by atoms with Crippen LogP contribution in [0.25, 0.3) is 5.69 Å². The van der Waals surface area contributed by atoms with Crippen molar-refractivity contribution < 1.29 is 13.9 Å². The molecule has 0 aliphatic heterocycles. The van der Waals surface area contributed by atoms with Crippen LogP contribution in [0.1, 0.15) is 20.8 Å². The number of amides is 1. The Kier molecular flexibility index (Phi) is 6.36. The average molecular weight is 427 g/mol. The van der Waals surface area contributed by atoms with Crippen molar-refractivity contribution in [1.29, 1.82) is 0 Å². The predicted octanol–water partition coefficient (Wildman–Crippen LogP) is 3.17. The van der Waals surface area contributed by atoms with Gasteiger partial charge in [-0.05, 0) is 50.6 Å². The van der Waals surface area contributed by atoms with E-state index >= 15 is 0 Å². The van der Waals surface area contributed by atoms with E-state index in [1.165, 1.54) is 10.9 Å². The zero-order chi connectivity index (χ0) is 19.3. The van der Waals surface area contributed by atoms with E-state index < -0.39 is 17.4 Å². The van der Waals surface area contributed by atoms with E-state index in [0.717, 1.165) is 9.15 Å². The third-order valence-corrected chi connectivity index (χ3v) is 3.73. The highest BCUT2D eigenvalue weighted by atomic mass is 79.9. The summed E-state index contributed by atoms with van der Waals surface area (Å²) in [7, 11) is 0. The minimum absolute atomic E-state index is 0.0886. The van der Waals surface area contributed by atoms with Gasteiger partial charge in [-0.25, -0.2) is 23.2 Å². The summed E-state index contributed by atoms with van der Waals surface area (Å²) in [6.45, 7) is 5.00. The monoisotopic (exact) mass is 426 g/mol. The normalized spacial score (nSPS) is 12.1. The number of hydrogen-bond donors (Lipinski definition) is 1. The van der Waals surface area contributed by atoms with Crippen LogP contribution in [0.15, 0.2) is 51.8 Å². The second-order valence-corrected chi connectivity index (χ2v) is 7.46. The van der Waals surface area contributed by atoms with Crippen molar-refractivity contribution in [2.24, 2.45) is 0 Å². The van der Waals surface area contributed by atoms with E-state index in [1.54, 1.807) is 45.0 Å². The SMILES string of the molecule is CC(C)(C)OC(=O)NC/C(=C/F)Cn1ncn(-c2ccc(Br)cc2)c1=O. The highest BCUT2D eigenvalue weighted by molar-refractivity contribution is 9.10. The van der Waals surface area contributed by atoms with E-state index in [-0.39, 0.29) is 18.7 Å². The molecule has 0 aliphatic rings. The van der Waals surface area contributed by atoms with Gasteiger partial charge in [-0.2, -0.15) is 5.10 Å². The van der Waals surface area contributed by atoms with Crippen molar-refractivity contribution in [3.63, 3.8) is 0 Å². The number of ether oxygens (including phenoxy) is 1. The zero-order valence-electron chi connectivity index (χ0n) is 14.7. The molecule has 0 fully saturated rings. The molecule has 1 amide bonds. The molecule has 0 atom stereocenters. The molecule has 1 N–H and O–H groups in total. The quantitative estimate of drug-likeness (QED) is 0.795. The molecule has 26 heavy (non-hydrogen) atoms. The first-order valence-corrected chi connectivity index (χ1v) is 8.64. The van der Waals surface area contributed by atoms with Crippen molar-refractivity contribution in [1.82, 2.24) is 19.7 Å². The van der Waals surface area contributed by atoms with E-state index in [9.17, 15) is 14.0 Å². The summed E-state index contributed by atoms with van der Waals surface area (Å²) in [5, 5.41) is 6.44. The number of halogens is 2. The molecule has 0 aliphatic carbocycles. The minimum atomic E-state index is -0.662. The Morgan fingerprint density at radius 1 is 1.35 bits per heavy atom. The van der Waals surface area contributed by atoms with Crippen molar-refractivity contribution in [2.45, 2.75) is 32.9 Å². The van der Waals surface area contributed by atoms with E-state index in [2.05, 4.69) is 26.3 Å². The van der Waals surface area contributed by atoms with E-state index in [1.807, 2.05) is 0 Å². The van der Waals surface area contributed by atoms with Gasteiger partial charge in [0.2, 0.25) is 0 Å². The average Bonchev–Trinajstić information content (AvgIpc) is 2.91. The number of nitrogens with zero attached hydrogens (tertiary/aromatic N) is 3. The number of aromatic nitrogens is 3. The topological polar surface area (TPSA) is 78.2 Å². The Balaban J connectivity index is 2.04. The summed E-state index contributed by atoms with van der Waals surface area (Å²) in [5.74, 6) is 0. The lowest BCUT2D eigenvalue weighted by Crippen LogP contribution is -2.34. The van der Waals surface area contributed by atoms with Crippen LogP contribution < -0.4 is 11.0 Å². The Bertz CT molecular complexity index is 850.